The number of sulfone groups is 1. The van der Waals surface area contributed by atoms with Crippen LogP contribution in [0.2, 0.25) is 0 Å². The van der Waals surface area contributed by atoms with E-state index in [-0.39, 0.29) is 34.0 Å². The van der Waals surface area contributed by atoms with Gasteiger partial charge in [-0.25, -0.2) is 8.42 Å². The molecule has 2 N–H and O–H groups in total. The number of aliphatic hydroxyl groups excluding tert-OH is 1. The minimum Gasteiger partial charge on any atom is -0.395 e. The van der Waals surface area contributed by atoms with Crippen molar-refractivity contribution in [3.63, 3.8) is 0 Å². The molecular formula is C22H21F3N2O5S. The lowest BCUT2D eigenvalue weighted by atomic mass is 9.96. The Bertz CT molecular complexity index is 1220. The Labute approximate surface area is 188 Å². The summed E-state index contributed by atoms with van der Waals surface area (Å²) in [5.74, 6) is -2.96. The van der Waals surface area contributed by atoms with Gasteiger partial charge < -0.3 is 15.3 Å². The molecule has 1 aliphatic heterocycles. The number of anilines is 1. The zero-order valence-corrected chi connectivity index (χ0v) is 18.5. The quantitative estimate of drug-likeness (QED) is 0.617. The van der Waals surface area contributed by atoms with Gasteiger partial charge in [-0.1, -0.05) is 18.2 Å². The maximum absolute atomic E-state index is 13.6. The van der Waals surface area contributed by atoms with Crippen LogP contribution in [0.4, 0.5) is 18.9 Å². The number of rotatable bonds is 6. The Kier molecular flexibility index (Phi) is 6.66. The van der Waals surface area contributed by atoms with Crippen LogP contribution in [-0.2, 0) is 25.6 Å². The first-order valence-corrected chi connectivity index (χ1v) is 11.7. The van der Waals surface area contributed by atoms with Gasteiger partial charge in [0.05, 0.1) is 22.8 Å². The average Bonchev–Trinajstić information content (AvgIpc) is 2.97. The largest absolute Gasteiger partial charge is 0.417 e. The molecule has 0 radical (unpaired) electrons. The molecule has 0 saturated carbocycles. The van der Waals surface area contributed by atoms with Crippen molar-refractivity contribution in [2.24, 2.45) is 5.92 Å². The van der Waals surface area contributed by atoms with E-state index in [4.69, 9.17) is 0 Å². The Balaban J connectivity index is 2.00. The monoisotopic (exact) mass is 482 g/mol. The molecule has 2 aromatic carbocycles. The molecule has 0 aromatic heterocycles. The molecule has 1 aliphatic rings. The Morgan fingerprint density at radius 1 is 1.12 bits per heavy atom. The van der Waals surface area contributed by atoms with Gasteiger partial charge in [-0.05, 0) is 42.8 Å². The molecule has 2 aromatic rings. The summed E-state index contributed by atoms with van der Waals surface area (Å²) in [4.78, 5) is 27.0. The van der Waals surface area contributed by atoms with E-state index in [0.29, 0.717) is 0 Å². The van der Waals surface area contributed by atoms with Crippen molar-refractivity contribution in [1.29, 1.82) is 0 Å². The molecule has 0 spiro atoms. The lowest BCUT2D eigenvalue weighted by molar-refractivity contribution is -0.138. The molecule has 33 heavy (non-hydrogen) atoms. The minimum absolute atomic E-state index is 0.0358. The number of nitrogens with zero attached hydrogens (tertiary/aromatic N) is 1. The van der Waals surface area contributed by atoms with Crippen molar-refractivity contribution in [2.75, 3.05) is 24.7 Å². The molecule has 1 heterocycles. The minimum atomic E-state index is -4.69. The van der Waals surface area contributed by atoms with Crippen molar-refractivity contribution in [3.05, 3.63) is 65.2 Å². The lowest BCUT2D eigenvalue weighted by Gasteiger charge is -2.23. The number of nitrogens with one attached hydrogen (secondary N) is 1. The number of amides is 2. The summed E-state index contributed by atoms with van der Waals surface area (Å²) in [6, 6.07) is 9.97. The van der Waals surface area contributed by atoms with Crippen LogP contribution in [0.1, 0.15) is 18.1 Å². The van der Waals surface area contributed by atoms with Gasteiger partial charge in [-0.3, -0.25) is 9.59 Å². The van der Waals surface area contributed by atoms with Crippen LogP contribution in [-0.4, -0.2) is 49.6 Å². The SMILES string of the molecule is CC1=C(c2ccccc2C(F)(F)F)N(CCO)C(=O)C1C(=O)Nc1ccc(S(C)(=O)=O)cc1. The molecule has 3 rings (SSSR count). The van der Waals surface area contributed by atoms with E-state index in [0.717, 1.165) is 17.2 Å². The van der Waals surface area contributed by atoms with Crippen LogP contribution >= 0.6 is 0 Å². The second-order valence-electron chi connectivity index (χ2n) is 7.51. The van der Waals surface area contributed by atoms with Crippen molar-refractivity contribution in [1.82, 2.24) is 4.90 Å². The first kappa shape index (κ1) is 24.5. The summed E-state index contributed by atoms with van der Waals surface area (Å²) >= 11 is 0. The maximum Gasteiger partial charge on any atom is 0.417 e. The van der Waals surface area contributed by atoms with E-state index in [1.54, 1.807) is 0 Å². The molecule has 0 bridgehead atoms. The third-order valence-electron chi connectivity index (χ3n) is 5.21. The number of carbonyl (C=O) groups excluding carboxylic acids is 2. The highest BCUT2D eigenvalue weighted by molar-refractivity contribution is 7.90. The van der Waals surface area contributed by atoms with Crippen molar-refractivity contribution in [2.45, 2.75) is 18.0 Å². The summed E-state index contributed by atoms with van der Waals surface area (Å²) in [5, 5.41) is 11.9. The Morgan fingerprint density at radius 2 is 1.73 bits per heavy atom. The van der Waals surface area contributed by atoms with Gasteiger partial charge in [0.25, 0.3) is 0 Å². The topological polar surface area (TPSA) is 104 Å². The molecule has 7 nitrogen and oxygen atoms in total. The number of alkyl halides is 3. The number of aliphatic hydroxyl groups is 1. The van der Waals surface area contributed by atoms with Gasteiger partial charge in [0.1, 0.15) is 5.92 Å². The molecule has 0 saturated heterocycles. The standard InChI is InChI=1S/C22H21F3N2O5S/c1-13-18(20(29)26-14-7-9-15(10-8-14)33(2,31)32)21(30)27(11-12-28)19(13)16-5-3-4-6-17(16)22(23,24)25/h3-10,18,28H,11-12H2,1-2H3,(H,26,29). The van der Waals surface area contributed by atoms with E-state index in [2.05, 4.69) is 5.32 Å². The number of hydrogen-bond acceptors (Lipinski definition) is 5. The third kappa shape index (κ3) is 4.93. The van der Waals surface area contributed by atoms with Gasteiger partial charge >= 0.3 is 6.18 Å². The molecular weight excluding hydrogens is 461 g/mol. The van der Waals surface area contributed by atoms with Crippen LogP contribution in [0.5, 0.6) is 0 Å². The predicted octanol–water partition coefficient (Wildman–Crippen LogP) is 2.93. The van der Waals surface area contributed by atoms with Crippen LogP contribution < -0.4 is 5.32 Å². The fourth-order valence-electron chi connectivity index (χ4n) is 3.73. The Morgan fingerprint density at radius 3 is 2.27 bits per heavy atom. The van der Waals surface area contributed by atoms with Gasteiger partial charge in [0, 0.05) is 24.1 Å². The highest BCUT2D eigenvalue weighted by atomic mass is 32.2. The van der Waals surface area contributed by atoms with Crippen LogP contribution in [0.15, 0.2) is 59.0 Å². The van der Waals surface area contributed by atoms with Gasteiger partial charge in [-0.2, -0.15) is 13.2 Å². The van der Waals surface area contributed by atoms with Crippen molar-refractivity contribution < 1.29 is 36.3 Å². The zero-order chi connectivity index (χ0) is 24.6. The molecule has 2 amide bonds. The number of β-amino-alcohol motifs (C(OH)–C–C–N with tert-alkyl or cyclic N) is 1. The van der Waals surface area contributed by atoms with Gasteiger partial charge in [0.2, 0.25) is 11.8 Å². The van der Waals surface area contributed by atoms with E-state index < -0.39 is 45.9 Å². The predicted molar refractivity (Wildman–Crippen MR) is 115 cm³/mol. The van der Waals surface area contributed by atoms with Crippen molar-refractivity contribution in [3.8, 4) is 0 Å². The van der Waals surface area contributed by atoms with Crippen LogP contribution in [0, 0.1) is 5.92 Å². The number of carbonyl (C=O) groups is 2. The fraction of sp³-hybridized carbons (Fsp3) is 0.273. The first-order chi connectivity index (χ1) is 15.4. The van der Waals surface area contributed by atoms with Gasteiger partial charge in [0.15, 0.2) is 9.84 Å². The second kappa shape index (κ2) is 8.99. The highest BCUT2D eigenvalue weighted by Gasteiger charge is 2.44. The summed E-state index contributed by atoms with van der Waals surface area (Å²) < 4.78 is 64.0. The summed E-state index contributed by atoms with van der Waals surface area (Å²) in [6.07, 6.45) is -3.67. The molecule has 1 unspecified atom stereocenters. The number of halogens is 3. The summed E-state index contributed by atoms with van der Waals surface area (Å²) in [6.45, 7) is 0.595. The normalized spacial score (nSPS) is 17.0. The summed E-state index contributed by atoms with van der Waals surface area (Å²) in [7, 11) is -3.45. The van der Waals surface area contributed by atoms with Gasteiger partial charge in [-0.15, -0.1) is 0 Å². The van der Waals surface area contributed by atoms with Crippen LogP contribution in [0.3, 0.4) is 0 Å². The smallest absolute Gasteiger partial charge is 0.395 e. The van der Waals surface area contributed by atoms with Crippen molar-refractivity contribution >= 4 is 33.0 Å². The van der Waals surface area contributed by atoms with E-state index >= 15 is 0 Å². The molecule has 1 atom stereocenters. The van der Waals surface area contributed by atoms with E-state index in [9.17, 15) is 36.3 Å². The molecule has 176 valence electrons. The number of hydrogen-bond donors (Lipinski definition) is 2. The maximum atomic E-state index is 13.6. The molecule has 11 heteroatoms. The second-order valence-corrected chi connectivity index (χ2v) is 9.52. The number of benzene rings is 2. The summed E-state index contributed by atoms with van der Waals surface area (Å²) in [5.41, 5.74) is -0.986. The van der Waals surface area contributed by atoms with Crippen LogP contribution in [0.25, 0.3) is 5.70 Å². The van der Waals surface area contributed by atoms with E-state index in [1.165, 1.54) is 49.4 Å². The average molecular weight is 482 g/mol. The Hall–Kier alpha value is -3.18. The zero-order valence-electron chi connectivity index (χ0n) is 17.7. The fourth-order valence-corrected chi connectivity index (χ4v) is 4.36. The first-order valence-electron chi connectivity index (χ1n) is 9.77. The lowest BCUT2D eigenvalue weighted by Crippen LogP contribution is -2.36. The highest BCUT2D eigenvalue weighted by Crippen LogP contribution is 2.42. The molecule has 0 fully saturated rings. The van der Waals surface area contributed by atoms with E-state index in [1.807, 2.05) is 0 Å². The third-order valence-corrected chi connectivity index (χ3v) is 6.34. The molecule has 0 aliphatic carbocycles.